The summed E-state index contributed by atoms with van der Waals surface area (Å²) in [4.78, 5) is 24.0. The lowest BCUT2D eigenvalue weighted by molar-refractivity contribution is -0.166. The Bertz CT molecular complexity index is 494. The zero-order chi connectivity index (χ0) is 14.9. The van der Waals surface area contributed by atoms with E-state index < -0.39 is 47.4 Å². The van der Waals surface area contributed by atoms with Crippen LogP contribution in [0, 0.1) is 58.2 Å². The molecule has 0 amide bonds. The van der Waals surface area contributed by atoms with Crippen molar-refractivity contribution >= 4 is 11.9 Å². The molecule has 3 rings (SSSR count). The van der Waals surface area contributed by atoms with E-state index in [-0.39, 0.29) is 0 Å². The summed E-state index contributed by atoms with van der Waals surface area (Å²) >= 11 is 0. The van der Waals surface area contributed by atoms with Crippen molar-refractivity contribution in [1.29, 1.82) is 10.5 Å². The predicted molar refractivity (Wildman–Crippen MR) is 65.3 cm³/mol. The van der Waals surface area contributed by atoms with Gasteiger partial charge in [-0.2, -0.15) is 10.5 Å². The van der Waals surface area contributed by atoms with E-state index in [4.69, 9.17) is 9.47 Å². The van der Waals surface area contributed by atoms with E-state index in [0.29, 0.717) is 0 Å². The molecule has 0 aromatic carbocycles. The number of methoxy groups -OCH3 is 2. The third-order valence-electron chi connectivity index (χ3n) is 4.23. The summed E-state index contributed by atoms with van der Waals surface area (Å²) in [6, 6.07) is 4.18. The Morgan fingerprint density at radius 2 is 1.25 bits per heavy atom. The molecule has 0 spiro atoms. The summed E-state index contributed by atoms with van der Waals surface area (Å²) in [5.74, 6) is -4.83. The summed E-state index contributed by atoms with van der Waals surface area (Å²) in [7, 11) is 2.48. The van der Waals surface area contributed by atoms with Gasteiger partial charge in [0.1, 0.15) is 0 Å². The van der Waals surface area contributed by atoms with Gasteiger partial charge in [0.15, 0.2) is 0 Å². The number of hydrogen-bond donors (Lipinski definition) is 0. The second-order valence-corrected chi connectivity index (χ2v) is 4.95. The third-order valence-corrected chi connectivity index (χ3v) is 4.23. The van der Waals surface area contributed by atoms with Crippen LogP contribution in [0.5, 0.6) is 0 Å². The van der Waals surface area contributed by atoms with E-state index >= 15 is 0 Å². The van der Waals surface area contributed by atoms with Gasteiger partial charge in [-0.1, -0.05) is 12.2 Å². The van der Waals surface area contributed by atoms with Gasteiger partial charge >= 0.3 is 11.9 Å². The van der Waals surface area contributed by atoms with Crippen LogP contribution in [0.25, 0.3) is 0 Å². The summed E-state index contributed by atoms with van der Waals surface area (Å²) in [5, 5.41) is 18.5. The second kappa shape index (κ2) is 5.34. The molecule has 0 saturated heterocycles. The van der Waals surface area contributed by atoms with Crippen LogP contribution < -0.4 is 0 Å². The summed E-state index contributed by atoms with van der Waals surface area (Å²) in [5.41, 5.74) is 0. The number of nitriles is 2. The minimum atomic E-state index is -0.767. The molecule has 0 aromatic rings. The summed E-state index contributed by atoms with van der Waals surface area (Å²) < 4.78 is 9.51. The smallest absolute Gasteiger partial charge is 0.310 e. The molecule has 0 aromatic heterocycles. The lowest BCUT2D eigenvalue weighted by Crippen LogP contribution is -2.53. The number of nitrogens with zero attached hydrogens (tertiary/aromatic N) is 2. The fourth-order valence-electron chi connectivity index (χ4n) is 3.35. The molecule has 3 aliphatic rings. The van der Waals surface area contributed by atoms with Crippen LogP contribution in [0.2, 0.25) is 0 Å². The maximum absolute atomic E-state index is 12.0. The van der Waals surface area contributed by atoms with Gasteiger partial charge in [-0.25, -0.2) is 0 Å². The highest BCUT2D eigenvalue weighted by Crippen LogP contribution is 2.51. The third kappa shape index (κ3) is 1.85. The quantitative estimate of drug-likeness (QED) is 0.541. The molecule has 3 aliphatic carbocycles. The Balaban J connectivity index is 2.49. The number of ether oxygens (including phenoxy) is 2. The number of esters is 2. The number of fused-ring (bicyclic) bond motifs is 2. The Labute approximate surface area is 116 Å². The lowest BCUT2D eigenvalue weighted by Gasteiger charge is -2.46. The van der Waals surface area contributed by atoms with Crippen LogP contribution in [-0.4, -0.2) is 26.2 Å². The van der Waals surface area contributed by atoms with Gasteiger partial charge < -0.3 is 9.47 Å². The predicted octanol–water partition coefficient (Wildman–Crippen LogP) is 0.660. The topological polar surface area (TPSA) is 100 Å². The molecule has 20 heavy (non-hydrogen) atoms. The molecular weight excluding hydrogens is 260 g/mol. The van der Waals surface area contributed by atoms with Crippen LogP contribution in [0.4, 0.5) is 0 Å². The first kappa shape index (κ1) is 14.1. The van der Waals surface area contributed by atoms with Crippen molar-refractivity contribution in [2.45, 2.75) is 0 Å². The van der Waals surface area contributed by atoms with E-state index in [0.717, 1.165) is 0 Å². The largest absolute Gasteiger partial charge is 0.469 e. The van der Waals surface area contributed by atoms with Gasteiger partial charge in [0.05, 0.1) is 50.0 Å². The van der Waals surface area contributed by atoms with Crippen molar-refractivity contribution in [2.75, 3.05) is 14.2 Å². The van der Waals surface area contributed by atoms with Crippen LogP contribution in [0.1, 0.15) is 0 Å². The van der Waals surface area contributed by atoms with Gasteiger partial charge in [-0.05, 0) is 0 Å². The number of hydrogen-bond acceptors (Lipinski definition) is 6. The lowest BCUT2D eigenvalue weighted by atomic mass is 9.53. The Hall–Kier alpha value is -2.34. The van der Waals surface area contributed by atoms with Gasteiger partial charge in [0.2, 0.25) is 0 Å². The number of allylic oxidation sites excluding steroid dienone is 2. The zero-order valence-corrected chi connectivity index (χ0v) is 11.1. The Morgan fingerprint density at radius 1 is 0.900 bits per heavy atom. The minimum Gasteiger partial charge on any atom is -0.469 e. The normalized spacial score (nSPS) is 37.6. The van der Waals surface area contributed by atoms with Crippen molar-refractivity contribution < 1.29 is 19.1 Å². The van der Waals surface area contributed by atoms with E-state index in [9.17, 15) is 20.1 Å². The van der Waals surface area contributed by atoms with Gasteiger partial charge in [0, 0.05) is 11.8 Å². The van der Waals surface area contributed by atoms with Crippen molar-refractivity contribution in [3.05, 3.63) is 12.2 Å². The molecule has 6 nitrogen and oxygen atoms in total. The first-order valence-electron chi connectivity index (χ1n) is 6.23. The molecule has 0 aliphatic heterocycles. The second-order valence-electron chi connectivity index (χ2n) is 4.95. The van der Waals surface area contributed by atoms with Crippen molar-refractivity contribution in [3.63, 3.8) is 0 Å². The van der Waals surface area contributed by atoms with Crippen molar-refractivity contribution in [3.8, 4) is 12.1 Å². The molecule has 2 bridgehead atoms. The fourth-order valence-corrected chi connectivity index (χ4v) is 3.35. The number of carbonyl (C=O) groups is 2. The highest BCUT2D eigenvalue weighted by Gasteiger charge is 2.58. The number of carbonyl (C=O) groups excluding carboxylic acids is 2. The Morgan fingerprint density at radius 3 is 1.50 bits per heavy atom. The molecular formula is C14H14N2O4. The van der Waals surface area contributed by atoms with E-state index in [2.05, 4.69) is 12.1 Å². The molecule has 0 radical (unpaired) electrons. The molecule has 104 valence electrons. The molecule has 0 unspecified atom stereocenters. The molecule has 0 N–H and O–H groups in total. The average Bonchev–Trinajstić information content (AvgIpc) is 2.51. The molecule has 1 fully saturated rings. The summed E-state index contributed by atoms with van der Waals surface area (Å²) in [6.07, 6.45) is 3.49. The molecule has 0 heterocycles. The highest BCUT2D eigenvalue weighted by molar-refractivity contribution is 5.84. The van der Waals surface area contributed by atoms with Crippen molar-refractivity contribution in [2.24, 2.45) is 35.5 Å². The molecule has 1 saturated carbocycles. The van der Waals surface area contributed by atoms with Crippen LogP contribution in [0.3, 0.4) is 0 Å². The minimum absolute atomic E-state index is 0.494. The first-order chi connectivity index (χ1) is 9.60. The Kier molecular flexibility index (Phi) is 3.76. The summed E-state index contributed by atoms with van der Waals surface area (Å²) in [6.45, 7) is 0. The highest BCUT2D eigenvalue weighted by atomic mass is 16.5. The van der Waals surface area contributed by atoms with Gasteiger partial charge in [-0.15, -0.1) is 0 Å². The average molecular weight is 274 g/mol. The maximum atomic E-state index is 12.0. The molecule has 6 heteroatoms. The SMILES string of the molecule is COC(=O)[C@H]1[C@@H]2C=C[C@@H]([C@@H](C#N)[C@H]2C#N)[C@@H]1C(=O)OC. The van der Waals surface area contributed by atoms with E-state index in [1.54, 1.807) is 12.2 Å². The van der Waals surface area contributed by atoms with Gasteiger partial charge in [-0.3, -0.25) is 9.59 Å². The van der Waals surface area contributed by atoms with Crippen LogP contribution >= 0.6 is 0 Å². The van der Waals surface area contributed by atoms with Gasteiger partial charge in [0.25, 0.3) is 0 Å². The number of rotatable bonds is 2. The fraction of sp³-hybridized carbons (Fsp3) is 0.571. The standard InChI is InChI=1S/C14H14N2O4/c1-19-13(17)11-7-3-4-8(12(11)14(18)20-2)10(6-16)9(7)5-15/h3-4,7-12H,1-2H3/t7-,8+,9+,10-,11-,12-/m0/s1. The van der Waals surface area contributed by atoms with E-state index in [1.165, 1.54) is 14.2 Å². The zero-order valence-electron chi connectivity index (χ0n) is 11.1. The maximum Gasteiger partial charge on any atom is 0.310 e. The van der Waals surface area contributed by atoms with Crippen molar-refractivity contribution in [1.82, 2.24) is 0 Å². The molecule has 6 atom stereocenters. The van der Waals surface area contributed by atoms with Crippen LogP contribution in [0.15, 0.2) is 12.2 Å². The monoisotopic (exact) mass is 274 g/mol. The van der Waals surface area contributed by atoms with E-state index in [1.807, 2.05) is 0 Å². The first-order valence-corrected chi connectivity index (χ1v) is 6.23. The van der Waals surface area contributed by atoms with Crippen LogP contribution in [-0.2, 0) is 19.1 Å².